The molecule has 0 aromatic heterocycles. The highest BCUT2D eigenvalue weighted by atomic mass is 79.9. The van der Waals surface area contributed by atoms with Gasteiger partial charge >= 0.3 is 5.97 Å². The standard InChI is InChI=1S/C12H13BrO2/c1-2-15-12(14)9-8-11(13)10-6-4-3-5-7-10/h3-9,11H,2H2,1H3/b9-8+. The van der Waals surface area contributed by atoms with Gasteiger partial charge in [-0.3, -0.25) is 0 Å². The molecule has 15 heavy (non-hydrogen) atoms. The van der Waals surface area contributed by atoms with Gasteiger partial charge in [-0.05, 0) is 12.5 Å². The molecule has 1 rings (SSSR count). The summed E-state index contributed by atoms with van der Waals surface area (Å²) in [6, 6.07) is 9.87. The molecule has 0 spiro atoms. The van der Waals surface area contributed by atoms with E-state index in [1.54, 1.807) is 13.0 Å². The molecule has 0 radical (unpaired) electrons. The highest BCUT2D eigenvalue weighted by molar-refractivity contribution is 9.09. The molecule has 0 aliphatic carbocycles. The average molecular weight is 269 g/mol. The van der Waals surface area contributed by atoms with Gasteiger partial charge in [0.15, 0.2) is 0 Å². The van der Waals surface area contributed by atoms with Crippen LogP contribution < -0.4 is 0 Å². The van der Waals surface area contributed by atoms with Crippen molar-refractivity contribution in [3.63, 3.8) is 0 Å². The third kappa shape index (κ3) is 4.30. The number of esters is 1. The van der Waals surface area contributed by atoms with Crippen molar-refractivity contribution >= 4 is 21.9 Å². The Bertz CT molecular complexity index is 333. The van der Waals surface area contributed by atoms with Gasteiger partial charge in [0.25, 0.3) is 0 Å². The zero-order valence-corrected chi connectivity index (χ0v) is 10.1. The Balaban J connectivity index is 2.56. The monoisotopic (exact) mass is 268 g/mol. The van der Waals surface area contributed by atoms with Crippen LogP contribution in [0.4, 0.5) is 0 Å². The summed E-state index contributed by atoms with van der Waals surface area (Å²) in [6.07, 6.45) is 3.21. The first-order valence-electron chi connectivity index (χ1n) is 4.78. The van der Waals surface area contributed by atoms with Gasteiger partial charge in [-0.15, -0.1) is 0 Å². The molecular formula is C12H13BrO2. The molecule has 0 saturated carbocycles. The molecule has 80 valence electrons. The van der Waals surface area contributed by atoms with Crippen LogP contribution in [0.25, 0.3) is 0 Å². The van der Waals surface area contributed by atoms with E-state index in [1.807, 2.05) is 30.3 Å². The van der Waals surface area contributed by atoms with Crippen LogP contribution in [-0.4, -0.2) is 12.6 Å². The first-order chi connectivity index (χ1) is 7.24. The maximum absolute atomic E-state index is 11.0. The minimum Gasteiger partial charge on any atom is -0.463 e. The third-order valence-electron chi connectivity index (χ3n) is 1.81. The lowest BCUT2D eigenvalue weighted by atomic mass is 10.1. The Morgan fingerprint density at radius 3 is 2.73 bits per heavy atom. The van der Waals surface area contributed by atoms with Gasteiger partial charge in [-0.1, -0.05) is 52.3 Å². The number of hydrogen-bond acceptors (Lipinski definition) is 2. The van der Waals surface area contributed by atoms with E-state index in [4.69, 9.17) is 4.74 Å². The smallest absolute Gasteiger partial charge is 0.330 e. The molecular weight excluding hydrogens is 256 g/mol. The second kappa shape index (κ2) is 6.40. The van der Waals surface area contributed by atoms with E-state index in [1.165, 1.54) is 6.08 Å². The number of rotatable bonds is 4. The largest absolute Gasteiger partial charge is 0.463 e. The molecule has 0 bridgehead atoms. The zero-order valence-electron chi connectivity index (χ0n) is 8.52. The topological polar surface area (TPSA) is 26.3 Å². The fourth-order valence-corrected chi connectivity index (χ4v) is 1.56. The van der Waals surface area contributed by atoms with Gasteiger partial charge in [-0.2, -0.15) is 0 Å². The molecule has 1 atom stereocenters. The maximum Gasteiger partial charge on any atom is 0.330 e. The number of hydrogen-bond donors (Lipinski definition) is 0. The minimum atomic E-state index is -0.308. The fraction of sp³-hybridized carbons (Fsp3) is 0.250. The zero-order chi connectivity index (χ0) is 11.1. The van der Waals surface area contributed by atoms with Crippen LogP contribution in [0.5, 0.6) is 0 Å². The van der Waals surface area contributed by atoms with E-state index in [-0.39, 0.29) is 10.8 Å². The predicted molar refractivity (Wildman–Crippen MR) is 63.9 cm³/mol. The molecule has 0 aliphatic rings. The lowest BCUT2D eigenvalue weighted by molar-refractivity contribution is -0.137. The number of allylic oxidation sites excluding steroid dienone is 1. The van der Waals surface area contributed by atoms with Crippen molar-refractivity contribution in [2.45, 2.75) is 11.8 Å². The molecule has 0 saturated heterocycles. The van der Waals surface area contributed by atoms with Crippen LogP contribution in [0.1, 0.15) is 17.3 Å². The van der Waals surface area contributed by atoms with Crippen LogP contribution >= 0.6 is 15.9 Å². The number of ether oxygens (including phenoxy) is 1. The predicted octanol–water partition coefficient (Wildman–Crippen LogP) is 3.24. The van der Waals surface area contributed by atoms with Crippen LogP contribution in [0, 0.1) is 0 Å². The van der Waals surface area contributed by atoms with E-state index >= 15 is 0 Å². The van der Waals surface area contributed by atoms with Gasteiger partial charge in [0, 0.05) is 6.08 Å². The number of carbonyl (C=O) groups excluding carboxylic acids is 1. The van der Waals surface area contributed by atoms with Gasteiger partial charge < -0.3 is 4.74 Å². The van der Waals surface area contributed by atoms with Crippen LogP contribution in [0.15, 0.2) is 42.5 Å². The van der Waals surface area contributed by atoms with Crippen molar-refractivity contribution in [1.82, 2.24) is 0 Å². The second-order valence-electron chi connectivity index (χ2n) is 2.92. The summed E-state index contributed by atoms with van der Waals surface area (Å²) in [7, 11) is 0. The van der Waals surface area contributed by atoms with E-state index < -0.39 is 0 Å². The Morgan fingerprint density at radius 1 is 1.47 bits per heavy atom. The highest BCUT2D eigenvalue weighted by Crippen LogP contribution is 2.23. The first-order valence-corrected chi connectivity index (χ1v) is 5.69. The molecule has 1 aromatic rings. The summed E-state index contributed by atoms with van der Waals surface area (Å²) in [5.74, 6) is -0.308. The summed E-state index contributed by atoms with van der Waals surface area (Å²) < 4.78 is 4.78. The van der Waals surface area contributed by atoms with Gasteiger partial charge in [-0.25, -0.2) is 4.79 Å². The quantitative estimate of drug-likeness (QED) is 0.476. The molecule has 0 aliphatic heterocycles. The van der Waals surface area contributed by atoms with Gasteiger partial charge in [0.05, 0.1) is 11.4 Å². The highest BCUT2D eigenvalue weighted by Gasteiger charge is 2.02. The Kier molecular flexibility index (Phi) is 5.12. The number of benzene rings is 1. The second-order valence-corrected chi connectivity index (χ2v) is 3.91. The number of alkyl halides is 1. The van der Waals surface area contributed by atoms with Crippen molar-refractivity contribution in [1.29, 1.82) is 0 Å². The van der Waals surface area contributed by atoms with Crippen LogP contribution in [-0.2, 0) is 9.53 Å². The Morgan fingerprint density at radius 2 is 2.13 bits per heavy atom. The summed E-state index contributed by atoms with van der Waals surface area (Å²) in [5.41, 5.74) is 1.11. The van der Waals surface area contributed by atoms with Crippen molar-refractivity contribution < 1.29 is 9.53 Å². The molecule has 1 unspecified atom stereocenters. The van der Waals surface area contributed by atoms with Crippen molar-refractivity contribution in [3.8, 4) is 0 Å². The molecule has 0 amide bonds. The van der Waals surface area contributed by atoms with E-state index in [0.29, 0.717) is 6.61 Å². The molecule has 0 fully saturated rings. The van der Waals surface area contributed by atoms with Crippen molar-refractivity contribution in [2.75, 3.05) is 6.61 Å². The Hall–Kier alpha value is -1.09. The van der Waals surface area contributed by atoms with Crippen molar-refractivity contribution in [3.05, 3.63) is 48.0 Å². The van der Waals surface area contributed by atoms with Gasteiger partial charge in [0.2, 0.25) is 0 Å². The molecule has 2 nitrogen and oxygen atoms in total. The summed E-state index contributed by atoms with van der Waals surface area (Å²) in [4.78, 5) is 11.1. The minimum absolute atomic E-state index is 0.0445. The SMILES string of the molecule is CCOC(=O)/C=C/C(Br)c1ccccc1. The maximum atomic E-state index is 11.0. The molecule has 0 N–H and O–H groups in total. The molecule has 1 aromatic carbocycles. The van der Waals surface area contributed by atoms with Crippen LogP contribution in [0.3, 0.4) is 0 Å². The fourth-order valence-electron chi connectivity index (χ4n) is 1.10. The number of halogens is 1. The molecule has 0 heterocycles. The average Bonchev–Trinajstić information content (AvgIpc) is 2.27. The van der Waals surface area contributed by atoms with E-state index in [0.717, 1.165) is 5.56 Å². The normalized spacial score (nSPS) is 12.7. The Labute approximate surface area is 98.1 Å². The van der Waals surface area contributed by atoms with Gasteiger partial charge in [0.1, 0.15) is 0 Å². The van der Waals surface area contributed by atoms with Crippen LogP contribution in [0.2, 0.25) is 0 Å². The third-order valence-corrected chi connectivity index (χ3v) is 2.64. The lowest BCUT2D eigenvalue weighted by Gasteiger charge is -2.03. The lowest BCUT2D eigenvalue weighted by Crippen LogP contribution is -1.99. The summed E-state index contributed by atoms with van der Waals surface area (Å²) in [6.45, 7) is 2.19. The number of carbonyl (C=O) groups is 1. The van der Waals surface area contributed by atoms with E-state index in [2.05, 4.69) is 15.9 Å². The summed E-state index contributed by atoms with van der Waals surface area (Å²) in [5, 5.41) is 0. The molecule has 3 heteroatoms. The van der Waals surface area contributed by atoms with Crippen molar-refractivity contribution in [2.24, 2.45) is 0 Å². The van der Waals surface area contributed by atoms with E-state index in [9.17, 15) is 4.79 Å². The first kappa shape index (κ1) is 12.0. The summed E-state index contributed by atoms with van der Waals surface area (Å²) >= 11 is 3.47.